The largest absolute Gasteiger partial charge is 0.378 e. The number of likely N-dealkylation sites (tertiary alicyclic amines) is 1. The molecule has 2 aliphatic rings. The molecule has 1 amide bonds. The predicted octanol–water partition coefficient (Wildman–Crippen LogP) is 2.87. The highest BCUT2D eigenvalue weighted by Crippen LogP contribution is 2.22. The number of rotatable bonds is 7. The molecule has 25 heavy (non-hydrogen) atoms. The van der Waals surface area contributed by atoms with Gasteiger partial charge in [0.1, 0.15) is 0 Å². The molecule has 138 valence electrons. The van der Waals surface area contributed by atoms with Gasteiger partial charge >= 0.3 is 0 Å². The molecule has 2 heterocycles. The van der Waals surface area contributed by atoms with Crippen LogP contribution in [-0.4, -0.2) is 49.7 Å². The second kappa shape index (κ2) is 9.35. The third-order valence-electron chi connectivity index (χ3n) is 5.69. The molecule has 0 spiro atoms. The molecule has 1 aromatic rings. The van der Waals surface area contributed by atoms with Crippen molar-refractivity contribution < 1.29 is 9.53 Å². The van der Waals surface area contributed by atoms with Crippen LogP contribution in [0.4, 0.5) is 0 Å². The molecule has 0 bridgehead atoms. The van der Waals surface area contributed by atoms with E-state index in [1.165, 1.54) is 12.0 Å². The first-order valence-electron chi connectivity index (χ1n) is 9.90. The summed E-state index contributed by atoms with van der Waals surface area (Å²) in [4.78, 5) is 15.0. The maximum Gasteiger partial charge on any atom is 0.223 e. The number of hydrogen-bond donors (Lipinski definition) is 1. The number of amides is 1. The Kier molecular flexibility index (Phi) is 6.88. The Balaban J connectivity index is 1.35. The third-order valence-corrected chi connectivity index (χ3v) is 5.69. The molecule has 4 nitrogen and oxygen atoms in total. The fourth-order valence-corrected chi connectivity index (χ4v) is 4.01. The van der Waals surface area contributed by atoms with Crippen molar-refractivity contribution in [2.45, 2.75) is 45.1 Å². The average Bonchev–Trinajstić information content (AvgIpc) is 3.13. The van der Waals surface area contributed by atoms with E-state index < -0.39 is 0 Å². The summed E-state index contributed by atoms with van der Waals surface area (Å²) in [7, 11) is 0. The first kappa shape index (κ1) is 18.4. The summed E-state index contributed by atoms with van der Waals surface area (Å²) in [5, 5.41) is 3.21. The molecule has 1 N–H and O–H groups in total. The summed E-state index contributed by atoms with van der Waals surface area (Å²) >= 11 is 0. The second-order valence-electron chi connectivity index (χ2n) is 7.56. The summed E-state index contributed by atoms with van der Waals surface area (Å²) in [6.45, 7) is 7.07. The molecule has 0 aliphatic carbocycles. The number of ether oxygens (including phenoxy) is 1. The molecule has 4 heteroatoms. The Morgan fingerprint density at radius 3 is 2.92 bits per heavy atom. The zero-order valence-electron chi connectivity index (χ0n) is 15.5. The minimum absolute atomic E-state index is 0.147. The van der Waals surface area contributed by atoms with E-state index in [1.807, 2.05) is 0 Å². The van der Waals surface area contributed by atoms with Crippen molar-refractivity contribution in [3.8, 4) is 0 Å². The monoisotopic (exact) mass is 344 g/mol. The smallest absolute Gasteiger partial charge is 0.223 e. The minimum atomic E-state index is 0.147. The van der Waals surface area contributed by atoms with E-state index in [1.54, 1.807) is 0 Å². The summed E-state index contributed by atoms with van der Waals surface area (Å²) in [6, 6.07) is 10.7. The third kappa shape index (κ3) is 5.55. The topological polar surface area (TPSA) is 41.6 Å². The van der Waals surface area contributed by atoms with Crippen molar-refractivity contribution in [2.24, 2.45) is 11.8 Å². The van der Waals surface area contributed by atoms with Gasteiger partial charge in [-0.15, -0.1) is 0 Å². The Labute approximate surface area is 151 Å². The van der Waals surface area contributed by atoms with Gasteiger partial charge in [-0.3, -0.25) is 4.79 Å². The molecular weight excluding hydrogens is 312 g/mol. The molecule has 1 aromatic carbocycles. The zero-order chi connectivity index (χ0) is 17.5. The first-order chi connectivity index (χ1) is 12.2. The molecule has 2 saturated heterocycles. The van der Waals surface area contributed by atoms with Gasteiger partial charge in [-0.2, -0.15) is 0 Å². The normalized spacial score (nSPS) is 27.3. The molecule has 3 rings (SSSR count). The van der Waals surface area contributed by atoms with Crippen molar-refractivity contribution in [3.63, 3.8) is 0 Å². The highest BCUT2D eigenvalue weighted by molar-refractivity contribution is 5.78. The highest BCUT2D eigenvalue weighted by atomic mass is 16.5. The Morgan fingerprint density at radius 2 is 2.12 bits per heavy atom. The van der Waals surface area contributed by atoms with E-state index in [4.69, 9.17) is 4.74 Å². The van der Waals surface area contributed by atoms with Crippen molar-refractivity contribution in [3.05, 3.63) is 35.9 Å². The van der Waals surface area contributed by atoms with Crippen LogP contribution in [0.1, 0.15) is 38.2 Å². The number of hydrogen-bond acceptors (Lipinski definition) is 3. The highest BCUT2D eigenvalue weighted by Gasteiger charge is 2.28. The van der Waals surface area contributed by atoms with E-state index in [0.717, 1.165) is 58.5 Å². The predicted molar refractivity (Wildman–Crippen MR) is 100 cm³/mol. The molecule has 2 fully saturated rings. The number of benzene rings is 1. The van der Waals surface area contributed by atoms with Gasteiger partial charge in [0, 0.05) is 32.2 Å². The summed E-state index contributed by atoms with van der Waals surface area (Å²) in [5.74, 6) is 0.986. The van der Waals surface area contributed by atoms with Crippen molar-refractivity contribution in [1.29, 1.82) is 0 Å². The van der Waals surface area contributed by atoms with E-state index >= 15 is 0 Å². The lowest BCUT2D eigenvalue weighted by molar-refractivity contribution is -0.130. The SMILES string of the molecule is CCC1CC(C(=O)NCC2CCN(CCc3ccccc3)C2)CCO1. The molecule has 3 atom stereocenters. The lowest BCUT2D eigenvalue weighted by Crippen LogP contribution is -2.39. The van der Waals surface area contributed by atoms with E-state index in [0.29, 0.717) is 5.92 Å². The molecule has 0 aromatic heterocycles. The van der Waals surface area contributed by atoms with Gasteiger partial charge in [0.2, 0.25) is 5.91 Å². The second-order valence-corrected chi connectivity index (χ2v) is 7.56. The van der Waals surface area contributed by atoms with E-state index in [9.17, 15) is 4.79 Å². The fourth-order valence-electron chi connectivity index (χ4n) is 4.01. The Hall–Kier alpha value is -1.39. The average molecular weight is 344 g/mol. The van der Waals surface area contributed by atoms with Gasteiger partial charge in [0.15, 0.2) is 0 Å². The van der Waals surface area contributed by atoms with E-state index in [2.05, 4.69) is 47.5 Å². The van der Waals surface area contributed by atoms with Gasteiger partial charge in [0.05, 0.1) is 6.10 Å². The number of nitrogens with zero attached hydrogens (tertiary/aromatic N) is 1. The lowest BCUT2D eigenvalue weighted by atomic mass is 9.93. The van der Waals surface area contributed by atoms with Crippen LogP contribution in [0, 0.1) is 11.8 Å². The lowest BCUT2D eigenvalue weighted by Gasteiger charge is -2.28. The summed E-state index contributed by atoms with van der Waals surface area (Å²) in [6.07, 6.45) is 5.33. The fraction of sp³-hybridized carbons (Fsp3) is 0.667. The molecule has 3 unspecified atom stereocenters. The van der Waals surface area contributed by atoms with Crippen molar-refractivity contribution >= 4 is 5.91 Å². The van der Waals surface area contributed by atoms with Gasteiger partial charge in [-0.1, -0.05) is 37.3 Å². The Morgan fingerprint density at radius 1 is 1.28 bits per heavy atom. The first-order valence-corrected chi connectivity index (χ1v) is 9.90. The molecule has 2 aliphatic heterocycles. The summed E-state index contributed by atoms with van der Waals surface area (Å²) < 4.78 is 5.68. The number of nitrogens with one attached hydrogen (secondary N) is 1. The quantitative estimate of drug-likeness (QED) is 0.827. The van der Waals surface area contributed by atoms with Crippen LogP contribution >= 0.6 is 0 Å². The van der Waals surface area contributed by atoms with Crippen LogP contribution in [0.3, 0.4) is 0 Å². The maximum atomic E-state index is 12.4. The van der Waals surface area contributed by atoms with Gasteiger partial charge in [0.25, 0.3) is 0 Å². The van der Waals surface area contributed by atoms with E-state index in [-0.39, 0.29) is 17.9 Å². The minimum Gasteiger partial charge on any atom is -0.378 e. The number of carbonyl (C=O) groups excluding carboxylic acids is 1. The summed E-state index contributed by atoms with van der Waals surface area (Å²) in [5.41, 5.74) is 1.41. The van der Waals surface area contributed by atoms with Gasteiger partial charge in [-0.25, -0.2) is 0 Å². The van der Waals surface area contributed by atoms with Crippen molar-refractivity contribution in [2.75, 3.05) is 32.8 Å². The standard InChI is InChI=1S/C21H32N2O2/c1-2-20-14-19(10-13-25-20)21(24)22-15-18-9-12-23(16-18)11-8-17-6-4-3-5-7-17/h3-7,18-20H,2,8-16H2,1H3,(H,22,24). The van der Waals surface area contributed by atoms with Crippen LogP contribution in [0.15, 0.2) is 30.3 Å². The van der Waals surface area contributed by atoms with Crippen LogP contribution in [0.25, 0.3) is 0 Å². The molecule has 0 radical (unpaired) electrons. The van der Waals surface area contributed by atoms with Crippen LogP contribution < -0.4 is 5.32 Å². The van der Waals surface area contributed by atoms with Crippen molar-refractivity contribution in [1.82, 2.24) is 10.2 Å². The molecule has 0 saturated carbocycles. The van der Waals surface area contributed by atoms with Gasteiger partial charge < -0.3 is 15.0 Å². The number of carbonyl (C=O) groups is 1. The Bertz CT molecular complexity index is 534. The zero-order valence-corrected chi connectivity index (χ0v) is 15.5. The maximum absolute atomic E-state index is 12.4. The molecular formula is C21H32N2O2. The van der Waals surface area contributed by atoms with Crippen LogP contribution in [0.5, 0.6) is 0 Å². The van der Waals surface area contributed by atoms with Crippen LogP contribution in [-0.2, 0) is 16.0 Å². The van der Waals surface area contributed by atoms with Crippen LogP contribution in [0.2, 0.25) is 0 Å². The van der Waals surface area contributed by atoms with Gasteiger partial charge in [-0.05, 0) is 50.1 Å².